The van der Waals surface area contributed by atoms with Crippen molar-refractivity contribution in [3.8, 4) is 6.07 Å². The quantitative estimate of drug-likeness (QED) is 0.513. The van der Waals surface area contributed by atoms with Gasteiger partial charge in [0.15, 0.2) is 0 Å². The van der Waals surface area contributed by atoms with Crippen LogP contribution in [0.5, 0.6) is 0 Å². The number of carbonyl (C=O) groups excluding carboxylic acids is 2. The number of hydrogen-bond donors (Lipinski definition) is 1. The molecule has 2 aliphatic rings. The molecule has 0 saturated carbocycles. The van der Waals surface area contributed by atoms with Crippen molar-refractivity contribution >= 4 is 38.4 Å². The number of nitrogens with zero attached hydrogens (tertiary/aromatic N) is 4. The lowest BCUT2D eigenvalue weighted by Gasteiger charge is -2.38. The first-order chi connectivity index (χ1) is 17.3. The molecular formula is C26H25N5O4S. The van der Waals surface area contributed by atoms with Gasteiger partial charge in [-0.3, -0.25) is 19.5 Å². The molecule has 0 bridgehead atoms. The Morgan fingerprint density at radius 2 is 1.78 bits per heavy atom. The van der Waals surface area contributed by atoms with Crippen LogP contribution >= 0.6 is 0 Å². The van der Waals surface area contributed by atoms with Gasteiger partial charge in [-0.2, -0.15) is 5.26 Å². The highest BCUT2D eigenvalue weighted by Gasteiger charge is 2.36. The van der Waals surface area contributed by atoms with Crippen LogP contribution in [0.15, 0.2) is 54.7 Å². The number of rotatable bonds is 6. The Balaban J connectivity index is 1.29. The van der Waals surface area contributed by atoms with Gasteiger partial charge in [0.05, 0.1) is 28.0 Å². The van der Waals surface area contributed by atoms with Crippen LogP contribution in [0.4, 0.5) is 5.69 Å². The number of piperidine rings is 1. The Bertz CT molecular complexity index is 1480. The molecule has 2 atom stereocenters. The third kappa shape index (κ3) is 4.43. The number of aromatic nitrogens is 1. The minimum atomic E-state index is -3.76. The van der Waals surface area contributed by atoms with Crippen molar-refractivity contribution in [1.82, 2.24) is 14.6 Å². The molecule has 1 aromatic heterocycles. The molecule has 36 heavy (non-hydrogen) atoms. The smallest absolute Gasteiger partial charge is 0.261 e. The predicted molar refractivity (Wildman–Crippen MR) is 135 cm³/mol. The highest BCUT2D eigenvalue weighted by molar-refractivity contribution is 7.89. The van der Waals surface area contributed by atoms with Gasteiger partial charge < -0.3 is 4.90 Å². The van der Waals surface area contributed by atoms with E-state index in [9.17, 15) is 23.3 Å². The lowest BCUT2D eigenvalue weighted by atomic mass is 9.95. The van der Waals surface area contributed by atoms with Crippen LogP contribution < -0.4 is 9.62 Å². The fourth-order valence-corrected chi connectivity index (χ4v) is 6.34. The second-order valence-electron chi connectivity index (χ2n) is 9.33. The standard InChI is InChI=1S/C26H25N5O4S/c1-17-13-19(16-30(15-17)23-9-8-18(14-27)24-22(23)7-4-10-28-24)29-36(34,35)12-11-31-25(32)20-5-2-3-6-21(20)26(31)33/h2-10,17,19,29H,11-13,15-16H2,1H3. The van der Waals surface area contributed by atoms with E-state index in [1.54, 1.807) is 36.5 Å². The largest absolute Gasteiger partial charge is 0.369 e. The number of hydrogen-bond acceptors (Lipinski definition) is 7. The number of nitrogens with one attached hydrogen (secondary N) is 1. The van der Waals surface area contributed by atoms with Crippen molar-refractivity contribution in [3.05, 3.63) is 71.4 Å². The molecule has 2 unspecified atom stereocenters. The number of imide groups is 1. The normalized spacial score (nSPS) is 20.0. The maximum absolute atomic E-state index is 13.0. The van der Waals surface area contributed by atoms with Crippen molar-refractivity contribution in [3.63, 3.8) is 0 Å². The van der Waals surface area contributed by atoms with Gasteiger partial charge in [0, 0.05) is 42.9 Å². The van der Waals surface area contributed by atoms with Gasteiger partial charge >= 0.3 is 0 Å². The Morgan fingerprint density at radius 1 is 1.06 bits per heavy atom. The maximum Gasteiger partial charge on any atom is 0.261 e. The molecule has 0 spiro atoms. The molecule has 1 N–H and O–H groups in total. The minimum absolute atomic E-state index is 0.209. The predicted octanol–water partition coefficient (Wildman–Crippen LogP) is 2.54. The zero-order valence-electron chi connectivity index (χ0n) is 19.7. The van der Waals surface area contributed by atoms with Crippen LogP contribution in [0.25, 0.3) is 10.9 Å². The molecule has 5 rings (SSSR count). The Hall–Kier alpha value is -3.81. The third-order valence-electron chi connectivity index (χ3n) is 6.68. The summed E-state index contributed by atoms with van der Waals surface area (Å²) < 4.78 is 28.7. The molecule has 0 radical (unpaired) electrons. The van der Waals surface area contributed by atoms with E-state index in [1.807, 2.05) is 18.2 Å². The molecule has 2 aliphatic heterocycles. The fraction of sp³-hybridized carbons (Fsp3) is 0.308. The molecule has 1 fully saturated rings. The van der Waals surface area contributed by atoms with Crippen LogP contribution in [-0.4, -0.2) is 61.5 Å². The van der Waals surface area contributed by atoms with Gasteiger partial charge in [-0.25, -0.2) is 13.1 Å². The summed E-state index contributed by atoms with van der Waals surface area (Å²) in [7, 11) is -3.76. The number of anilines is 1. The van der Waals surface area contributed by atoms with Crippen molar-refractivity contribution < 1.29 is 18.0 Å². The number of amides is 2. The van der Waals surface area contributed by atoms with E-state index >= 15 is 0 Å². The molecule has 0 aliphatic carbocycles. The SMILES string of the molecule is CC1CC(NS(=O)(=O)CCN2C(=O)c3ccccc3C2=O)CN(c2ccc(C#N)c3ncccc23)C1. The van der Waals surface area contributed by atoms with E-state index in [2.05, 4.69) is 27.6 Å². The van der Waals surface area contributed by atoms with Gasteiger partial charge in [0.1, 0.15) is 6.07 Å². The first kappa shape index (κ1) is 23.9. The Labute approximate surface area is 209 Å². The number of pyridine rings is 1. The summed E-state index contributed by atoms with van der Waals surface area (Å²) in [6.07, 6.45) is 2.31. The summed E-state index contributed by atoms with van der Waals surface area (Å²) in [5.74, 6) is -1.09. The van der Waals surface area contributed by atoms with E-state index in [1.165, 1.54) is 0 Å². The van der Waals surface area contributed by atoms with Crippen LogP contribution in [-0.2, 0) is 10.0 Å². The van der Waals surface area contributed by atoms with E-state index in [4.69, 9.17) is 0 Å². The monoisotopic (exact) mass is 503 g/mol. The molecule has 2 amide bonds. The topological polar surface area (TPSA) is 123 Å². The molecule has 184 valence electrons. The van der Waals surface area contributed by atoms with E-state index < -0.39 is 21.8 Å². The molecular weight excluding hydrogens is 478 g/mol. The van der Waals surface area contributed by atoms with Crippen molar-refractivity contribution in [2.24, 2.45) is 5.92 Å². The van der Waals surface area contributed by atoms with Crippen molar-refractivity contribution in [2.75, 3.05) is 30.3 Å². The van der Waals surface area contributed by atoms with Crippen molar-refractivity contribution in [2.45, 2.75) is 19.4 Å². The first-order valence-electron chi connectivity index (χ1n) is 11.8. The second-order valence-corrected chi connectivity index (χ2v) is 11.2. The van der Waals surface area contributed by atoms with E-state index in [0.29, 0.717) is 35.2 Å². The van der Waals surface area contributed by atoms with Gasteiger partial charge in [0.2, 0.25) is 10.0 Å². The summed E-state index contributed by atoms with van der Waals surface area (Å²) in [5.41, 5.74) is 2.61. The molecule has 3 aromatic rings. The maximum atomic E-state index is 13.0. The molecule has 1 saturated heterocycles. The average molecular weight is 504 g/mol. The van der Waals surface area contributed by atoms with Gasteiger partial charge in [-0.1, -0.05) is 19.1 Å². The summed E-state index contributed by atoms with van der Waals surface area (Å²) >= 11 is 0. The second kappa shape index (κ2) is 9.33. The summed E-state index contributed by atoms with van der Waals surface area (Å²) in [4.78, 5) is 32.6. The summed E-state index contributed by atoms with van der Waals surface area (Å²) in [6, 6.07) is 15.7. The first-order valence-corrected chi connectivity index (χ1v) is 13.4. The van der Waals surface area contributed by atoms with Gasteiger partial charge in [-0.05, 0) is 48.7 Å². The van der Waals surface area contributed by atoms with Crippen LogP contribution in [0, 0.1) is 17.2 Å². The summed E-state index contributed by atoms with van der Waals surface area (Å²) in [6.45, 7) is 3.05. The van der Waals surface area contributed by atoms with Gasteiger partial charge in [-0.15, -0.1) is 0 Å². The van der Waals surface area contributed by atoms with Gasteiger partial charge in [0.25, 0.3) is 11.8 Å². The number of benzene rings is 2. The van der Waals surface area contributed by atoms with E-state index in [-0.39, 0.29) is 24.3 Å². The summed E-state index contributed by atoms with van der Waals surface area (Å²) in [5, 5.41) is 10.3. The van der Waals surface area contributed by atoms with Crippen LogP contribution in [0.1, 0.15) is 39.6 Å². The number of nitriles is 1. The fourth-order valence-electron chi connectivity index (χ4n) is 5.12. The lowest BCUT2D eigenvalue weighted by Crippen LogP contribution is -2.51. The molecule has 3 heterocycles. The number of fused-ring (bicyclic) bond motifs is 2. The van der Waals surface area contributed by atoms with Crippen LogP contribution in [0.2, 0.25) is 0 Å². The average Bonchev–Trinajstić information content (AvgIpc) is 3.11. The minimum Gasteiger partial charge on any atom is -0.369 e. The van der Waals surface area contributed by atoms with E-state index in [0.717, 1.165) is 22.5 Å². The number of sulfonamides is 1. The molecule has 10 heteroatoms. The van der Waals surface area contributed by atoms with Crippen molar-refractivity contribution in [1.29, 1.82) is 5.26 Å². The third-order valence-corrected chi connectivity index (χ3v) is 8.09. The van der Waals surface area contributed by atoms with Crippen LogP contribution in [0.3, 0.4) is 0 Å². The highest BCUT2D eigenvalue weighted by Crippen LogP contribution is 2.31. The molecule has 2 aromatic carbocycles. The highest BCUT2D eigenvalue weighted by atomic mass is 32.2. The molecule has 9 nitrogen and oxygen atoms in total. The Morgan fingerprint density at radius 3 is 2.47 bits per heavy atom. The lowest BCUT2D eigenvalue weighted by molar-refractivity contribution is 0.0664. The Kier molecular flexibility index (Phi) is 6.20. The number of carbonyl (C=O) groups is 2. The zero-order chi connectivity index (χ0) is 25.4. The zero-order valence-corrected chi connectivity index (χ0v) is 20.5.